The number of hydrogen-bond acceptors (Lipinski definition) is 7. The summed E-state index contributed by atoms with van der Waals surface area (Å²) >= 11 is 0. The van der Waals surface area contributed by atoms with Crippen molar-refractivity contribution in [2.45, 2.75) is 71.7 Å². The van der Waals surface area contributed by atoms with Crippen LogP contribution in [-0.2, 0) is 30.3 Å². The van der Waals surface area contributed by atoms with E-state index in [9.17, 15) is 24.3 Å². The third-order valence-electron chi connectivity index (χ3n) is 5.82. The number of hydrogen-bond donors (Lipinski definition) is 3. The molecule has 0 saturated heterocycles. The van der Waals surface area contributed by atoms with Gasteiger partial charge in [0, 0.05) is 12.5 Å². The van der Waals surface area contributed by atoms with Gasteiger partial charge < -0.3 is 30.1 Å². The Bertz CT molecular complexity index is 1160. The minimum absolute atomic E-state index is 0.0624. The molecule has 3 amide bonds. The highest BCUT2D eigenvalue weighted by Gasteiger charge is 2.38. The monoisotopic (exact) mass is 541 g/mol. The minimum Gasteiger partial charge on any atom is -0.508 e. The SMILES string of the molecule is COC(=O)CNC(=O)C(c1ccccc1C)N(C(=O)C(Cc1ccc(O)cc1)NC(=O)OC(C)(C)C)C(C)C. The molecule has 2 unspecified atom stereocenters. The third-order valence-corrected chi connectivity index (χ3v) is 5.82. The average Bonchev–Trinajstić information content (AvgIpc) is 2.85. The lowest BCUT2D eigenvalue weighted by Crippen LogP contribution is -2.56. The Kier molecular flexibility index (Phi) is 10.9. The molecule has 212 valence electrons. The molecule has 0 aliphatic carbocycles. The van der Waals surface area contributed by atoms with E-state index in [4.69, 9.17) is 4.74 Å². The zero-order valence-corrected chi connectivity index (χ0v) is 23.6. The molecule has 0 spiro atoms. The second-order valence-electron chi connectivity index (χ2n) is 10.5. The maximum Gasteiger partial charge on any atom is 0.408 e. The van der Waals surface area contributed by atoms with Crippen molar-refractivity contribution in [1.29, 1.82) is 0 Å². The van der Waals surface area contributed by atoms with Gasteiger partial charge in [0.15, 0.2) is 0 Å². The first-order valence-electron chi connectivity index (χ1n) is 12.7. The van der Waals surface area contributed by atoms with Crippen molar-refractivity contribution in [1.82, 2.24) is 15.5 Å². The molecular weight excluding hydrogens is 502 g/mol. The number of nitrogens with one attached hydrogen (secondary N) is 2. The van der Waals surface area contributed by atoms with Crippen LogP contribution in [0.5, 0.6) is 5.75 Å². The fourth-order valence-electron chi connectivity index (χ4n) is 4.02. The molecule has 0 aliphatic heterocycles. The summed E-state index contributed by atoms with van der Waals surface area (Å²) in [5, 5.41) is 14.9. The highest BCUT2D eigenvalue weighted by atomic mass is 16.6. The van der Waals surface area contributed by atoms with Crippen molar-refractivity contribution in [3.05, 3.63) is 65.2 Å². The lowest BCUT2D eigenvalue weighted by atomic mass is 9.96. The first kappa shape index (κ1) is 31.1. The summed E-state index contributed by atoms with van der Waals surface area (Å²) < 4.78 is 10.1. The molecular formula is C29H39N3O7. The summed E-state index contributed by atoms with van der Waals surface area (Å²) in [7, 11) is 1.22. The maximum absolute atomic E-state index is 14.2. The van der Waals surface area contributed by atoms with Crippen LogP contribution in [0.15, 0.2) is 48.5 Å². The standard InChI is InChI=1S/C29H39N3O7/c1-18(2)32(25(22-11-9-8-10-19(22)3)26(35)30-17-24(34)38-7)27(36)23(31-28(37)39-29(4,5)6)16-20-12-14-21(33)15-13-20/h8-15,18,23,25,33H,16-17H2,1-7H3,(H,30,35)(H,31,37). The number of aryl methyl sites for hydroxylation is 1. The smallest absolute Gasteiger partial charge is 0.408 e. The molecule has 10 heteroatoms. The highest BCUT2D eigenvalue weighted by Crippen LogP contribution is 2.28. The first-order valence-corrected chi connectivity index (χ1v) is 12.7. The number of phenols is 1. The Morgan fingerprint density at radius 3 is 2.15 bits per heavy atom. The number of benzene rings is 2. The topological polar surface area (TPSA) is 134 Å². The lowest BCUT2D eigenvalue weighted by Gasteiger charge is -2.37. The number of esters is 1. The van der Waals surface area contributed by atoms with Crippen molar-refractivity contribution in [3.8, 4) is 5.75 Å². The van der Waals surface area contributed by atoms with E-state index in [-0.39, 0.29) is 18.7 Å². The van der Waals surface area contributed by atoms with Gasteiger partial charge in [0.1, 0.15) is 30.0 Å². The summed E-state index contributed by atoms with van der Waals surface area (Å²) in [5.74, 6) is -1.67. The molecule has 10 nitrogen and oxygen atoms in total. The summed E-state index contributed by atoms with van der Waals surface area (Å²) in [6.45, 7) is 10.1. The fourth-order valence-corrected chi connectivity index (χ4v) is 4.02. The number of nitrogens with zero attached hydrogens (tertiary/aromatic N) is 1. The number of ether oxygens (including phenoxy) is 2. The molecule has 2 rings (SSSR count). The molecule has 3 N–H and O–H groups in total. The number of methoxy groups -OCH3 is 1. The van der Waals surface area contributed by atoms with Gasteiger partial charge in [-0.25, -0.2) is 4.79 Å². The van der Waals surface area contributed by atoms with Gasteiger partial charge in [0.2, 0.25) is 11.8 Å². The quantitative estimate of drug-likeness (QED) is 0.393. The van der Waals surface area contributed by atoms with Gasteiger partial charge in [-0.1, -0.05) is 36.4 Å². The normalized spacial score (nSPS) is 12.7. The van der Waals surface area contributed by atoms with E-state index in [1.807, 2.05) is 19.1 Å². The zero-order valence-electron chi connectivity index (χ0n) is 23.6. The van der Waals surface area contributed by atoms with Crippen molar-refractivity contribution < 1.29 is 33.8 Å². The molecule has 2 aromatic carbocycles. The third kappa shape index (κ3) is 9.31. The molecule has 2 atom stereocenters. The highest BCUT2D eigenvalue weighted by molar-refractivity contribution is 5.93. The number of carbonyl (C=O) groups excluding carboxylic acids is 4. The Labute approximate surface area is 229 Å². The van der Waals surface area contributed by atoms with E-state index >= 15 is 0 Å². The van der Waals surface area contributed by atoms with E-state index in [1.165, 1.54) is 24.1 Å². The van der Waals surface area contributed by atoms with Crippen LogP contribution in [0.3, 0.4) is 0 Å². The molecule has 0 saturated carbocycles. The fraction of sp³-hybridized carbons (Fsp3) is 0.448. The van der Waals surface area contributed by atoms with Crippen LogP contribution in [0.25, 0.3) is 0 Å². The molecule has 0 aliphatic rings. The summed E-state index contributed by atoms with van der Waals surface area (Å²) in [4.78, 5) is 53.7. The van der Waals surface area contributed by atoms with Crippen LogP contribution in [-0.4, -0.2) is 65.2 Å². The van der Waals surface area contributed by atoms with Crippen molar-refractivity contribution in [3.63, 3.8) is 0 Å². The van der Waals surface area contributed by atoms with Crippen LogP contribution >= 0.6 is 0 Å². The Balaban J connectivity index is 2.54. The van der Waals surface area contributed by atoms with E-state index in [0.29, 0.717) is 11.1 Å². The number of carbonyl (C=O) groups is 4. The summed E-state index contributed by atoms with van der Waals surface area (Å²) in [6.07, 6.45) is -0.711. The van der Waals surface area contributed by atoms with Gasteiger partial charge in [-0.3, -0.25) is 14.4 Å². The Morgan fingerprint density at radius 1 is 1.00 bits per heavy atom. The van der Waals surface area contributed by atoms with Crippen molar-refractivity contribution >= 4 is 23.9 Å². The predicted molar refractivity (Wildman–Crippen MR) is 146 cm³/mol. The molecule has 0 heterocycles. The maximum atomic E-state index is 14.2. The van der Waals surface area contributed by atoms with Gasteiger partial charge in [-0.15, -0.1) is 0 Å². The van der Waals surface area contributed by atoms with Crippen molar-refractivity contribution in [2.75, 3.05) is 13.7 Å². The van der Waals surface area contributed by atoms with E-state index < -0.39 is 47.6 Å². The van der Waals surface area contributed by atoms with Crippen LogP contribution in [0, 0.1) is 6.92 Å². The predicted octanol–water partition coefficient (Wildman–Crippen LogP) is 3.40. The van der Waals surface area contributed by atoms with E-state index in [0.717, 1.165) is 5.56 Å². The second kappa shape index (κ2) is 13.6. The second-order valence-corrected chi connectivity index (χ2v) is 10.5. The average molecular weight is 542 g/mol. The lowest BCUT2D eigenvalue weighted by molar-refractivity contribution is -0.146. The van der Waals surface area contributed by atoms with Gasteiger partial charge in [-0.2, -0.15) is 0 Å². The van der Waals surface area contributed by atoms with Gasteiger partial charge in [0.25, 0.3) is 0 Å². The Hall–Kier alpha value is -4.08. The van der Waals surface area contributed by atoms with Gasteiger partial charge >= 0.3 is 12.1 Å². The molecule has 0 fully saturated rings. The first-order chi connectivity index (χ1) is 18.2. The number of rotatable bonds is 10. The molecule has 39 heavy (non-hydrogen) atoms. The van der Waals surface area contributed by atoms with Gasteiger partial charge in [0.05, 0.1) is 7.11 Å². The van der Waals surface area contributed by atoms with Crippen LogP contribution in [0.1, 0.15) is 57.4 Å². The largest absolute Gasteiger partial charge is 0.508 e. The van der Waals surface area contributed by atoms with Gasteiger partial charge in [-0.05, 0) is 70.4 Å². The molecule has 0 bridgehead atoms. The van der Waals surface area contributed by atoms with E-state index in [1.54, 1.807) is 58.9 Å². The minimum atomic E-state index is -1.11. The number of phenolic OH excluding ortho intramolecular Hbond substituents is 1. The number of aromatic hydroxyl groups is 1. The summed E-state index contributed by atoms with van der Waals surface area (Å²) in [6, 6.07) is 10.7. The summed E-state index contributed by atoms with van der Waals surface area (Å²) in [5.41, 5.74) is 1.21. The zero-order chi connectivity index (χ0) is 29.3. The Morgan fingerprint density at radius 2 is 1.62 bits per heavy atom. The number of alkyl carbamates (subject to hydrolysis) is 1. The van der Waals surface area contributed by atoms with Crippen LogP contribution in [0.4, 0.5) is 4.79 Å². The molecule has 2 aromatic rings. The molecule has 0 aromatic heterocycles. The van der Waals surface area contributed by atoms with Crippen molar-refractivity contribution in [2.24, 2.45) is 0 Å². The van der Waals surface area contributed by atoms with E-state index in [2.05, 4.69) is 15.4 Å². The van der Waals surface area contributed by atoms with Crippen LogP contribution < -0.4 is 10.6 Å². The molecule has 0 radical (unpaired) electrons. The number of amides is 3. The van der Waals surface area contributed by atoms with Crippen LogP contribution in [0.2, 0.25) is 0 Å².